The van der Waals surface area contributed by atoms with Crippen molar-refractivity contribution in [3.63, 3.8) is 0 Å². The number of benzene rings is 1. The number of rotatable bonds is 6. The van der Waals surface area contributed by atoms with Crippen LogP contribution in [0.1, 0.15) is 47.6 Å². The van der Waals surface area contributed by atoms with Crippen molar-refractivity contribution >= 4 is 11.9 Å². The first-order valence-corrected chi connectivity index (χ1v) is 8.30. The van der Waals surface area contributed by atoms with Crippen LogP contribution in [0.5, 0.6) is 5.75 Å². The molecule has 1 heterocycles. The maximum absolute atomic E-state index is 12.9. The molecule has 1 aliphatic carbocycles. The molecule has 1 aromatic heterocycles. The average Bonchev–Trinajstić information content (AvgIpc) is 3.30. The smallest absolute Gasteiger partial charge is 0.371 e. The first-order valence-electron chi connectivity index (χ1n) is 8.30. The number of methoxy groups -OCH3 is 1. The molecular formula is C19H21NO5. The molecule has 2 N–H and O–H groups in total. The van der Waals surface area contributed by atoms with Gasteiger partial charge in [-0.15, -0.1) is 0 Å². The highest BCUT2D eigenvalue weighted by Crippen LogP contribution is 2.41. The molecule has 1 aliphatic rings. The van der Waals surface area contributed by atoms with E-state index in [0.717, 1.165) is 37.0 Å². The van der Waals surface area contributed by atoms with E-state index in [0.29, 0.717) is 5.76 Å². The predicted molar refractivity (Wildman–Crippen MR) is 90.7 cm³/mol. The third kappa shape index (κ3) is 3.38. The van der Waals surface area contributed by atoms with E-state index in [2.05, 4.69) is 5.32 Å². The summed E-state index contributed by atoms with van der Waals surface area (Å²) in [4.78, 5) is 23.8. The van der Waals surface area contributed by atoms with Crippen molar-refractivity contribution in [1.82, 2.24) is 5.32 Å². The SMILES string of the molecule is COc1ccc(C2(C(=O)NCc3ccc(C(=O)O)o3)CCCC2)cc1. The summed E-state index contributed by atoms with van der Waals surface area (Å²) in [5.74, 6) is -0.121. The van der Waals surface area contributed by atoms with Gasteiger partial charge in [0.05, 0.1) is 19.1 Å². The first kappa shape index (κ1) is 17.1. The van der Waals surface area contributed by atoms with Crippen LogP contribution in [0.4, 0.5) is 0 Å². The van der Waals surface area contributed by atoms with Gasteiger partial charge in [-0.2, -0.15) is 0 Å². The van der Waals surface area contributed by atoms with Crippen molar-refractivity contribution in [2.75, 3.05) is 7.11 Å². The Balaban J connectivity index is 1.74. The van der Waals surface area contributed by atoms with Crippen molar-refractivity contribution in [2.45, 2.75) is 37.6 Å². The summed E-state index contributed by atoms with van der Waals surface area (Å²) >= 11 is 0. The van der Waals surface area contributed by atoms with Crippen molar-refractivity contribution in [3.05, 3.63) is 53.5 Å². The molecule has 6 heteroatoms. The van der Waals surface area contributed by atoms with Crippen LogP contribution in [0.15, 0.2) is 40.8 Å². The van der Waals surface area contributed by atoms with E-state index < -0.39 is 11.4 Å². The fourth-order valence-electron chi connectivity index (χ4n) is 3.46. The normalized spacial score (nSPS) is 15.7. The van der Waals surface area contributed by atoms with E-state index in [1.807, 2.05) is 24.3 Å². The van der Waals surface area contributed by atoms with E-state index >= 15 is 0 Å². The quantitative estimate of drug-likeness (QED) is 0.841. The molecule has 1 aromatic carbocycles. The van der Waals surface area contributed by atoms with Gasteiger partial charge in [-0.1, -0.05) is 25.0 Å². The number of furan rings is 1. The standard InChI is InChI=1S/C19H21NO5/c1-24-14-6-4-13(5-7-14)19(10-2-3-11-19)18(23)20-12-15-8-9-16(25-15)17(21)22/h4-9H,2-3,10-12H2,1H3,(H,20,23)(H,21,22). The lowest BCUT2D eigenvalue weighted by Crippen LogP contribution is -2.42. The molecule has 1 saturated carbocycles. The number of hydrogen-bond donors (Lipinski definition) is 2. The highest BCUT2D eigenvalue weighted by molar-refractivity contribution is 5.88. The van der Waals surface area contributed by atoms with Crippen LogP contribution in [0.2, 0.25) is 0 Å². The maximum atomic E-state index is 12.9. The van der Waals surface area contributed by atoms with Gasteiger partial charge < -0.3 is 19.6 Å². The molecule has 132 valence electrons. The van der Waals surface area contributed by atoms with Gasteiger partial charge in [0.2, 0.25) is 11.7 Å². The lowest BCUT2D eigenvalue weighted by atomic mass is 9.78. The summed E-state index contributed by atoms with van der Waals surface area (Å²) in [6.45, 7) is 0.171. The number of amides is 1. The van der Waals surface area contributed by atoms with E-state index in [-0.39, 0.29) is 18.2 Å². The number of aromatic carboxylic acids is 1. The van der Waals surface area contributed by atoms with Crippen molar-refractivity contribution in [2.24, 2.45) is 0 Å². The molecule has 0 radical (unpaired) electrons. The van der Waals surface area contributed by atoms with Crippen LogP contribution in [-0.2, 0) is 16.8 Å². The van der Waals surface area contributed by atoms with Crippen LogP contribution in [0.3, 0.4) is 0 Å². The van der Waals surface area contributed by atoms with Gasteiger partial charge in [-0.3, -0.25) is 4.79 Å². The topological polar surface area (TPSA) is 88.8 Å². The van der Waals surface area contributed by atoms with Crippen molar-refractivity contribution < 1.29 is 23.8 Å². The minimum atomic E-state index is -1.12. The number of carbonyl (C=O) groups is 2. The molecule has 0 bridgehead atoms. The third-order valence-corrected chi connectivity index (χ3v) is 4.83. The molecule has 1 amide bonds. The summed E-state index contributed by atoms with van der Waals surface area (Å²) in [7, 11) is 1.61. The first-order chi connectivity index (χ1) is 12.0. The second-order valence-corrected chi connectivity index (χ2v) is 6.27. The predicted octanol–water partition coefficient (Wildman–Crippen LogP) is 3.11. The Morgan fingerprint density at radius 3 is 2.40 bits per heavy atom. The maximum Gasteiger partial charge on any atom is 0.371 e. The number of carboxylic acids is 1. The van der Waals surface area contributed by atoms with Crippen LogP contribution in [-0.4, -0.2) is 24.1 Å². The molecule has 1 fully saturated rings. The highest BCUT2D eigenvalue weighted by Gasteiger charge is 2.42. The van der Waals surface area contributed by atoms with Gasteiger partial charge in [0, 0.05) is 0 Å². The van der Waals surface area contributed by atoms with Crippen LogP contribution < -0.4 is 10.1 Å². The summed E-state index contributed by atoms with van der Waals surface area (Å²) in [6.07, 6.45) is 3.60. The van der Waals surface area contributed by atoms with Crippen LogP contribution in [0.25, 0.3) is 0 Å². The second kappa shape index (κ2) is 7.01. The number of carboxylic acid groups (broad SMARTS) is 1. The second-order valence-electron chi connectivity index (χ2n) is 6.27. The van der Waals surface area contributed by atoms with E-state index in [1.54, 1.807) is 13.2 Å². The Labute approximate surface area is 145 Å². The lowest BCUT2D eigenvalue weighted by molar-refractivity contribution is -0.126. The zero-order valence-corrected chi connectivity index (χ0v) is 14.1. The van der Waals surface area contributed by atoms with Gasteiger partial charge in [0.15, 0.2) is 0 Å². The van der Waals surface area contributed by atoms with Crippen molar-refractivity contribution in [3.8, 4) is 5.75 Å². The molecular weight excluding hydrogens is 322 g/mol. The number of ether oxygens (including phenoxy) is 1. The Morgan fingerprint density at radius 2 is 1.84 bits per heavy atom. The zero-order valence-electron chi connectivity index (χ0n) is 14.1. The molecule has 0 spiro atoms. The van der Waals surface area contributed by atoms with E-state index in [9.17, 15) is 9.59 Å². The van der Waals surface area contributed by atoms with Crippen molar-refractivity contribution in [1.29, 1.82) is 0 Å². The largest absolute Gasteiger partial charge is 0.497 e. The molecule has 0 aliphatic heterocycles. The molecule has 2 aromatic rings. The average molecular weight is 343 g/mol. The molecule has 0 unspecified atom stereocenters. The number of nitrogens with one attached hydrogen (secondary N) is 1. The van der Waals surface area contributed by atoms with E-state index in [1.165, 1.54) is 6.07 Å². The Kier molecular flexibility index (Phi) is 4.79. The van der Waals surface area contributed by atoms with Crippen LogP contribution >= 0.6 is 0 Å². The van der Waals surface area contributed by atoms with Gasteiger partial charge >= 0.3 is 5.97 Å². The molecule has 6 nitrogen and oxygen atoms in total. The Morgan fingerprint density at radius 1 is 1.16 bits per heavy atom. The summed E-state index contributed by atoms with van der Waals surface area (Å²) in [5.41, 5.74) is 0.433. The third-order valence-electron chi connectivity index (χ3n) is 4.83. The molecule has 25 heavy (non-hydrogen) atoms. The summed E-state index contributed by atoms with van der Waals surface area (Å²) in [5, 5.41) is 11.8. The van der Waals surface area contributed by atoms with Gasteiger partial charge in [-0.05, 0) is 42.7 Å². The molecule has 0 saturated heterocycles. The van der Waals surface area contributed by atoms with E-state index in [4.69, 9.17) is 14.3 Å². The fourth-order valence-corrected chi connectivity index (χ4v) is 3.46. The molecule has 3 rings (SSSR count). The molecule has 0 atom stereocenters. The zero-order chi connectivity index (χ0) is 17.9. The van der Waals surface area contributed by atoms with Crippen LogP contribution in [0, 0.1) is 0 Å². The fraction of sp³-hybridized carbons (Fsp3) is 0.368. The minimum Gasteiger partial charge on any atom is -0.497 e. The monoisotopic (exact) mass is 343 g/mol. The summed E-state index contributed by atoms with van der Waals surface area (Å²) in [6, 6.07) is 10.6. The summed E-state index contributed by atoms with van der Waals surface area (Å²) < 4.78 is 10.4. The minimum absolute atomic E-state index is 0.0524. The van der Waals surface area contributed by atoms with Gasteiger partial charge in [0.1, 0.15) is 11.5 Å². The lowest BCUT2D eigenvalue weighted by Gasteiger charge is -2.28. The highest BCUT2D eigenvalue weighted by atomic mass is 16.5. The number of hydrogen-bond acceptors (Lipinski definition) is 4. The van der Waals surface area contributed by atoms with Gasteiger partial charge in [-0.25, -0.2) is 4.79 Å². The Hall–Kier alpha value is -2.76. The Bertz CT molecular complexity index is 756. The number of carbonyl (C=O) groups excluding carboxylic acids is 1. The van der Waals surface area contributed by atoms with Gasteiger partial charge in [0.25, 0.3) is 0 Å².